The van der Waals surface area contributed by atoms with E-state index in [9.17, 15) is 4.79 Å². The van der Waals surface area contributed by atoms with E-state index in [0.717, 1.165) is 0 Å². The van der Waals surface area contributed by atoms with Crippen molar-refractivity contribution in [3.05, 3.63) is 34.6 Å². The monoisotopic (exact) mass is 400 g/mol. The van der Waals surface area contributed by atoms with Gasteiger partial charge in [0.15, 0.2) is 18.2 Å². The van der Waals surface area contributed by atoms with Gasteiger partial charge in [0.05, 0.1) is 11.6 Å². The van der Waals surface area contributed by atoms with E-state index < -0.39 is 5.91 Å². The molecule has 0 bridgehead atoms. The highest BCUT2D eigenvalue weighted by Crippen LogP contribution is 2.27. The maximum Gasteiger partial charge on any atom is 0.276 e. The predicted molar refractivity (Wildman–Crippen MR) is 101 cm³/mol. The van der Waals surface area contributed by atoms with Crippen molar-refractivity contribution < 1.29 is 14.3 Å². The van der Waals surface area contributed by atoms with E-state index in [1.807, 2.05) is 0 Å². The lowest BCUT2D eigenvalue weighted by Gasteiger charge is -2.13. The van der Waals surface area contributed by atoms with Crippen LogP contribution >= 0.6 is 23.2 Å². The minimum absolute atomic E-state index is 0.248. The van der Waals surface area contributed by atoms with Gasteiger partial charge in [-0.3, -0.25) is 15.6 Å². The first-order valence-electron chi connectivity index (χ1n) is 7.47. The lowest BCUT2D eigenvalue weighted by atomic mass is 10.3. The molecule has 0 spiro atoms. The summed E-state index contributed by atoms with van der Waals surface area (Å²) in [6.45, 7) is 0.755. The van der Waals surface area contributed by atoms with E-state index in [2.05, 4.69) is 26.1 Å². The molecular weight excluding hydrogens is 383 g/mol. The molecule has 0 saturated carbocycles. The lowest BCUT2D eigenvalue weighted by molar-refractivity contribution is -0.122. The number of halogens is 2. The van der Waals surface area contributed by atoms with Crippen LogP contribution in [0.5, 0.6) is 5.75 Å². The standard InChI is InChI=1S/C15H18Cl2N6O3/c1-25-5-4-19-14-13(18)15(21-8-20-14)23-22-12(24)7-26-11-3-2-9(16)6-10(11)17/h2-3,6,8H,4-5,7,18H2,1H3,(H,22,24)(H2,19,20,21,23). The maximum absolute atomic E-state index is 11.9. The number of hydrazine groups is 1. The van der Waals surface area contributed by atoms with Crippen molar-refractivity contribution in [2.75, 3.05) is 43.3 Å². The van der Waals surface area contributed by atoms with Gasteiger partial charge in [-0.2, -0.15) is 0 Å². The molecule has 26 heavy (non-hydrogen) atoms. The van der Waals surface area contributed by atoms with E-state index in [4.69, 9.17) is 38.4 Å². The molecule has 1 aromatic heterocycles. The summed E-state index contributed by atoms with van der Waals surface area (Å²) in [6, 6.07) is 4.71. The van der Waals surface area contributed by atoms with Crippen LogP contribution in [0.3, 0.4) is 0 Å². The largest absolute Gasteiger partial charge is 0.482 e. The van der Waals surface area contributed by atoms with Crippen molar-refractivity contribution in [2.45, 2.75) is 0 Å². The molecule has 0 atom stereocenters. The van der Waals surface area contributed by atoms with Gasteiger partial charge in [-0.15, -0.1) is 0 Å². The van der Waals surface area contributed by atoms with Crippen molar-refractivity contribution in [3.8, 4) is 5.75 Å². The van der Waals surface area contributed by atoms with Crippen LogP contribution < -0.4 is 26.6 Å². The summed E-state index contributed by atoms with van der Waals surface area (Å²) in [4.78, 5) is 19.9. The number of nitrogens with two attached hydrogens (primary N) is 1. The molecule has 1 aromatic carbocycles. The van der Waals surface area contributed by atoms with Gasteiger partial charge in [-0.25, -0.2) is 9.97 Å². The average Bonchev–Trinajstić information content (AvgIpc) is 2.61. The third-order valence-corrected chi connectivity index (χ3v) is 3.59. The number of aromatic nitrogens is 2. The van der Waals surface area contributed by atoms with Crippen LogP contribution in [0, 0.1) is 0 Å². The number of nitrogens with zero attached hydrogens (tertiary/aromatic N) is 2. The van der Waals surface area contributed by atoms with E-state index in [1.165, 1.54) is 12.4 Å². The van der Waals surface area contributed by atoms with Crippen LogP contribution in [0.15, 0.2) is 24.5 Å². The second-order valence-electron chi connectivity index (χ2n) is 4.94. The smallest absolute Gasteiger partial charge is 0.276 e. The highest BCUT2D eigenvalue weighted by Gasteiger charge is 2.10. The molecule has 2 rings (SSSR count). The van der Waals surface area contributed by atoms with Gasteiger partial charge in [-0.05, 0) is 18.2 Å². The Labute approximate surface area is 160 Å². The third-order valence-electron chi connectivity index (χ3n) is 3.06. The number of methoxy groups -OCH3 is 1. The fraction of sp³-hybridized carbons (Fsp3) is 0.267. The Kier molecular flexibility index (Phi) is 7.52. The van der Waals surface area contributed by atoms with Gasteiger partial charge in [0, 0.05) is 18.7 Å². The highest BCUT2D eigenvalue weighted by molar-refractivity contribution is 6.35. The van der Waals surface area contributed by atoms with Crippen LogP contribution in [-0.2, 0) is 9.53 Å². The SMILES string of the molecule is COCCNc1ncnc(NNC(=O)COc2ccc(Cl)cc2Cl)c1N. The Morgan fingerprint density at radius 2 is 2.04 bits per heavy atom. The Morgan fingerprint density at radius 1 is 1.27 bits per heavy atom. The summed E-state index contributed by atoms with van der Waals surface area (Å²) in [6.07, 6.45) is 1.31. The van der Waals surface area contributed by atoms with Gasteiger partial charge in [-0.1, -0.05) is 23.2 Å². The molecule has 0 aliphatic rings. The topological polar surface area (TPSA) is 123 Å². The van der Waals surface area contributed by atoms with Crippen LogP contribution in [0.2, 0.25) is 10.0 Å². The molecule has 5 N–H and O–H groups in total. The summed E-state index contributed by atoms with van der Waals surface area (Å²) in [5.74, 6) is 0.566. The summed E-state index contributed by atoms with van der Waals surface area (Å²) < 4.78 is 10.3. The first kappa shape index (κ1) is 19.8. The Morgan fingerprint density at radius 3 is 2.77 bits per heavy atom. The van der Waals surface area contributed by atoms with E-state index in [1.54, 1.807) is 19.2 Å². The zero-order valence-corrected chi connectivity index (χ0v) is 15.4. The molecule has 0 fully saturated rings. The number of carbonyl (C=O) groups is 1. The number of nitrogen functional groups attached to an aromatic ring is 1. The number of anilines is 3. The van der Waals surface area contributed by atoms with Crippen molar-refractivity contribution in [2.24, 2.45) is 0 Å². The second kappa shape index (κ2) is 9.85. The quantitative estimate of drug-likeness (QED) is 0.371. The fourth-order valence-corrected chi connectivity index (χ4v) is 2.27. The summed E-state index contributed by atoms with van der Waals surface area (Å²) in [5, 5.41) is 3.78. The molecule has 1 amide bonds. The van der Waals surface area contributed by atoms with E-state index in [-0.39, 0.29) is 18.1 Å². The first-order chi connectivity index (χ1) is 12.5. The van der Waals surface area contributed by atoms with Crippen LogP contribution in [-0.4, -0.2) is 42.7 Å². The van der Waals surface area contributed by atoms with Gasteiger partial charge >= 0.3 is 0 Å². The van der Waals surface area contributed by atoms with Crippen molar-refractivity contribution in [3.63, 3.8) is 0 Å². The minimum atomic E-state index is -0.456. The molecule has 0 aliphatic heterocycles. The molecule has 1 heterocycles. The number of hydrogen-bond acceptors (Lipinski definition) is 8. The first-order valence-corrected chi connectivity index (χ1v) is 8.23. The van der Waals surface area contributed by atoms with Crippen molar-refractivity contribution >= 4 is 46.4 Å². The van der Waals surface area contributed by atoms with E-state index in [0.29, 0.717) is 34.8 Å². The van der Waals surface area contributed by atoms with Gasteiger partial charge in [0.25, 0.3) is 5.91 Å². The number of hydrogen-bond donors (Lipinski definition) is 4. The molecule has 9 nitrogen and oxygen atoms in total. The zero-order chi connectivity index (χ0) is 18.9. The Balaban J connectivity index is 1.86. The van der Waals surface area contributed by atoms with Gasteiger partial charge in [0.1, 0.15) is 17.8 Å². The molecular formula is C15H18Cl2N6O3. The molecule has 140 valence electrons. The Hall–Kier alpha value is -2.49. The molecule has 0 saturated heterocycles. The summed E-state index contributed by atoms with van der Waals surface area (Å²) in [7, 11) is 1.59. The maximum atomic E-state index is 11.9. The molecule has 11 heteroatoms. The van der Waals surface area contributed by atoms with Gasteiger partial charge < -0.3 is 20.5 Å². The number of benzene rings is 1. The second-order valence-corrected chi connectivity index (χ2v) is 5.78. The number of ether oxygens (including phenoxy) is 2. The average molecular weight is 401 g/mol. The Bertz CT molecular complexity index is 762. The summed E-state index contributed by atoms with van der Waals surface area (Å²) in [5.41, 5.74) is 11.3. The van der Waals surface area contributed by atoms with Gasteiger partial charge in [0.2, 0.25) is 0 Å². The van der Waals surface area contributed by atoms with Crippen molar-refractivity contribution in [1.29, 1.82) is 0 Å². The number of amides is 1. The minimum Gasteiger partial charge on any atom is -0.482 e. The van der Waals surface area contributed by atoms with Crippen LogP contribution in [0.25, 0.3) is 0 Å². The predicted octanol–water partition coefficient (Wildman–Crippen LogP) is 1.95. The lowest BCUT2D eigenvalue weighted by Crippen LogP contribution is -2.34. The molecule has 0 aliphatic carbocycles. The highest BCUT2D eigenvalue weighted by atomic mass is 35.5. The third kappa shape index (κ3) is 5.80. The fourth-order valence-electron chi connectivity index (χ4n) is 1.81. The number of rotatable bonds is 9. The summed E-state index contributed by atoms with van der Waals surface area (Å²) >= 11 is 11.8. The van der Waals surface area contributed by atoms with Crippen molar-refractivity contribution in [1.82, 2.24) is 15.4 Å². The molecule has 2 aromatic rings. The van der Waals surface area contributed by atoms with Crippen LogP contribution in [0.4, 0.5) is 17.3 Å². The molecule has 0 unspecified atom stereocenters. The number of nitrogens with one attached hydrogen (secondary N) is 3. The zero-order valence-electron chi connectivity index (χ0n) is 13.9. The number of carbonyl (C=O) groups excluding carboxylic acids is 1. The molecule has 0 radical (unpaired) electrons. The van der Waals surface area contributed by atoms with Crippen LogP contribution in [0.1, 0.15) is 0 Å². The normalized spacial score (nSPS) is 10.3. The van der Waals surface area contributed by atoms with E-state index >= 15 is 0 Å².